The van der Waals surface area contributed by atoms with Crippen LogP contribution < -0.4 is 26.9 Å². The van der Waals surface area contributed by atoms with E-state index >= 15 is 0 Å². The molecule has 12 heteroatoms. The zero-order valence-corrected chi connectivity index (χ0v) is 28.3. The van der Waals surface area contributed by atoms with E-state index in [2.05, 4.69) is 87.0 Å². The molecule has 0 amide bonds. The Morgan fingerprint density at radius 3 is 2.49 bits per heavy atom. The van der Waals surface area contributed by atoms with Gasteiger partial charge in [0.15, 0.2) is 0 Å². The zero-order chi connectivity index (χ0) is 33.3. The lowest BCUT2D eigenvalue weighted by Crippen LogP contribution is -2.52. The molecule has 2 aliphatic heterocycles. The summed E-state index contributed by atoms with van der Waals surface area (Å²) in [6.45, 7) is 8.88. The minimum absolute atomic E-state index is 0.0290. The SMILES string of the molecule is CNc1cccc([C@H](Nc2cc(Cl)c3ncc(C#N)c(Nc4ccc(F)c(Cl)c4)c3c2)C2=CN(C3CCN(C(C)(C)C)CC3)NN2)c1. The third kappa shape index (κ3) is 7.04. The van der Waals surface area contributed by atoms with Crippen LogP contribution in [0.25, 0.3) is 10.9 Å². The second-order valence-electron chi connectivity index (χ2n) is 12.8. The number of fused-ring (bicyclic) bond motifs is 1. The number of nitrogens with zero attached hydrogens (tertiary/aromatic N) is 4. The molecule has 6 rings (SSSR count). The van der Waals surface area contributed by atoms with Gasteiger partial charge in [-0.25, -0.2) is 4.39 Å². The molecule has 0 aliphatic carbocycles. The van der Waals surface area contributed by atoms with Crippen LogP contribution in [0.4, 0.5) is 27.1 Å². The van der Waals surface area contributed by atoms with Gasteiger partial charge >= 0.3 is 0 Å². The molecule has 5 N–H and O–H groups in total. The van der Waals surface area contributed by atoms with Gasteiger partial charge < -0.3 is 21.4 Å². The van der Waals surface area contributed by atoms with E-state index in [1.807, 2.05) is 31.3 Å². The highest BCUT2D eigenvalue weighted by atomic mass is 35.5. The Morgan fingerprint density at radius 2 is 1.79 bits per heavy atom. The molecule has 0 bridgehead atoms. The maximum atomic E-state index is 13.9. The molecule has 244 valence electrons. The number of aromatic nitrogens is 1. The standard InChI is InChI=1S/C35H38Cl2FN9/c1-35(2,3)46-12-10-26(11-13-46)47-20-31(44-45-47)33(21-6-5-7-23(14-21)40-4)43-25-15-27-32(42-24-8-9-30(38)28(36)16-24)22(18-39)19-41-34(27)29(37)17-25/h5-9,14-17,19-20,26,33,40,43-45H,10-13H2,1-4H3,(H,41,42)/t33-/m0/s1. The molecular formula is C35H38Cl2FN9. The lowest BCUT2D eigenvalue weighted by Gasteiger charge is -2.42. The third-order valence-corrected chi connectivity index (χ3v) is 9.36. The quantitative estimate of drug-likeness (QED) is 0.128. The van der Waals surface area contributed by atoms with Gasteiger partial charge in [0, 0.05) is 66.6 Å². The Balaban J connectivity index is 1.35. The lowest BCUT2D eigenvalue weighted by atomic mass is 9.97. The molecule has 0 saturated carbocycles. The van der Waals surface area contributed by atoms with E-state index in [4.69, 9.17) is 23.2 Å². The largest absolute Gasteiger partial charge is 0.388 e. The first-order chi connectivity index (χ1) is 22.5. The number of nitriles is 1. The Kier molecular flexibility index (Phi) is 9.35. The molecule has 4 aromatic rings. The molecule has 1 saturated heterocycles. The monoisotopic (exact) mass is 673 g/mol. The van der Waals surface area contributed by atoms with E-state index in [-0.39, 0.29) is 16.6 Å². The van der Waals surface area contributed by atoms with Crippen LogP contribution in [0.2, 0.25) is 10.0 Å². The highest BCUT2D eigenvalue weighted by molar-refractivity contribution is 6.36. The Morgan fingerprint density at radius 1 is 1.02 bits per heavy atom. The average Bonchev–Trinajstić information content (AvgIpc) is 3.55. The Labute approximate surface area is 284 Å². The first-order valence-electron chi connectivity index (χ1n) is 15.6. The van der Waals surface area contributed by atoms with Crippen LogP contribution in [0, 0.1) is 17.1 Å². The van der Waals surface area contributed by atoms with Gasteiger partial charge in [-0.3, -0.25) is 14.9 Å². The molecule has 9 nitrogen and oxygen atoms in total. The number of nitrogens with one attached hydrogen (secondary N) is 5. The minimum atomic E-state index is -0.529. The second-order valence-corrected chi connectivity index (χ2v) is 13.7. The van der Waals surface area contributed by atoms with Gasteiger partial charge in [-0.2, -0.15) is 5.26 Å². The van der Waals surface area contributed by atoms with E-state index in [9.17, 15) is 9.65 Å². The predicted molar refractivity (Wildman–Crippen MR) is 189 cm³/mol. The molecule has 0 spiro atoms. The number of anilines is 4. The Bertz CT molecular complexity index is 1860. The number of likely N-dealkylation sites (tertiary alicyclic amines) is 1. The average molecular weight is 675 g/mol. The fourth-order valence-corrected chi connectivity index (χ4v) is 6.61. The molecule has 3 aromatic carbocycles. The summed E-state index contributed by atoms with van der Waals surface area (Å²) >= 11 is 12.9. The summed E-state index contributed by atoms with van der Waals surface area (Å²) in [4.78, 5) is 7.02. The highest BCUT2D eigenvalue weighted by Crippen LogP contribution is 2.38. The number of rotatable bonds is 8. The number of hydrogen-bond donors (Lipinski definition) is 5. The number of benzene rings is 3. The second kappa shape index (κ2) is 13.5. The van der Waals surface area contributed by atoms with E-state index in [1.54, 1.807) is 6.07 Å². The van der Waals surface area contributed by atoms with Crippen molar-refractivity contribution in [3.8, 4) is 6.07 Å². The molecule has 1 atom stereocenters. The van der Waals surface area contributed by atoms with Crippen LogP contribution in [0.3, 0.4) is 0 Å². The molecular weight excluding hydrogens is 636 g/mol. The van der Waals surface area contributed by atoms with Crippen LogP contribution in [-0.2, 0) is 0 Å². The summed E-state index contributed by atoms with van der Waals surface area (Å²) in [6, 6.07) is 18.6. The summed E-state index contributed by atoms with van der Waals surface area (Å²) in [5.74, 6) is -0.529. The number of halogens is 3. The Hall–Kier alpha value is -4.27. The van der Waals surface area contributed by atoms with E-state index in [0.29, 0.717) is 38.9 Å². The van der Waals surface area contributed by atoms with Crippen molar-refractivity contribution in [1.29, 1.82) is 5.26 Å². The van der Waals surface area contributed by atoms with Gasteiger partial charge in [-0.15, -0.1) is 5.53 Å². The minimum Gasteiger partial charge on any atom is -0.388 e. The summed E-state index contributed by atoms with van der Waals surface area (Å²) in [7, 11) is 1.90. The molecule has 47 heavy (non-hydrogen) atoms. The number of hydrazine groups is 2. The molecule has 2 aliphatic rings. The van der Waals surface area contributed by atoms with Crippen molar-refractivity contribution in [2.45, 2.75) is 51.2 Å². The molecule has 1 fully saturated rings. The normalized spacial score (nSPS) is 16.4. The van der Waals surface area contributed by atoms with Gasteiger partial charge in [0.05, 0.1) is 38.6 Å². The van der Waals surface area contributed by atoms with Crippen molar-refractivity contribution in [3.63, 3.8) is 0 Å². The summed E-state index contributed by atoms with van der Waals surface area (Å²) in [5.41, 5.74) is 12.5. The van der Waals surface area contributed by atoms with Crippen LogP contribution in [0.1, 0.15) is 50.8 Å². The van der Waals surface area contributed by atoms with Crippen LogP contribution in [0.15, 0.2) is 72.7 Å². The van der Waals surface area contributed by atoms with E-state index in [1.165, 1.54) is 18.3 Å². The van der Waals surface area contributed by atoms with Crippen molar-refractivity contribution in [2.24, 2.45) is 0 Å². The smallest absolute Gasteiger partial charge is 0.141 e. The van der Waals surface area contributed by atoms with E-state index < -0.39 is 5.82 Å². The fourth-order valence-electron chi connectivity index (χ4n) is 6.16. The van der Waals surface area contributed by atoms with E-state index in [0.717, 1.165) is 48.6 Å². The van der Waals surface area contributed by atoms with Crippen molar-refractivity contribution in [3.05, 3.63) is 99.7 Å². The maximum absolute atomic E-state index is 13.9. The first kappa shape index (κ1) is 32.7. The van der Waals surface area contributed by atoms with Crippen molar-refractivity contribution in [1.82, 2.24) is 25.9 Å². The fraction of sp³-hybridized carbons (Fsp3) is 0.314. The summed E-state index contributed by atoms with van der Waals surface area (Å²) in [5, 5.41) is 23.3. The third-order valence-electron chi connectivity index (χ3n) is 8.78. The highest BCUT2D eigenvalue weighted by Gasteiger charge is 2.32. The number of hydrogen-bond acceptors (Lipinski definition) is 9. The summed E-state index contributed by atoms with van der Waals surface area (Å²) < 4.78 is 13.9. The van der Waals surface area contributed by atoms with Crippen LogP contribution in [0.5, 0.6) is 0 Å². The molecule has 3 heterocycles. The predicted octanol–water partition coefficient (Wildman–Crippen LogP) is 7.92. The first-order valence-corrected chi connectivity index (χ1v) is 16.3. The molecule has 0 radical (unpaired) electrons. The number of pyridine rings is 1. The summed E-state index contributed by atoms with van der Waals surface area (Å²) in [6.07, 6.45) is 5.71. The van der Waals surface area contributed by atoms with Gasteiger partial charge in [0.25, 0.3) is 0 Å². The van der Waals surface area contributed by atoms with Crippen molar-refractivity contribution >= 4 is 56.9 Å². The van der Waals surface area contributed by atoms with Gasteiger partial charge in [-0.1, -0.05) is 35.3 Å². The molecule has 1 aromatic heterocycles. The van der Waals surface area contributed by atoms with Gasteiger partial charge in [0.1, 0.15) is 11.9 Å². The maximum Gasteiger partial charge on any atom is 0.141 e. The van der Waals surface area contributed by atoms with Crippen molar-refractivity contribution in [2.75, 3.05) is 36.1 Å². The molecule has 0 unspecified atom stereocenters. The van der Waals surface area contributed by atoms with Gasteiger partial charge in [-0.05, 0) is 81.6 Å². The van der Waals surface area contributed by atoms with Crippen molar-refractivity contribution < 1.29 is 4.39 Å². The van der Waals surface area contributed by atoms with Gasteiger partial charge in [0.2, 0.25) is 0 Å². The number of piperidine rings is 1. The lowest BCUT2D eigenvalue weighted by molar-refractivity contribution is 0.0570. The zero-order valence-electron chi connectivity index (χ0n) is 26.8. The van der Waals surface area contributed by atoms with Crippen LogP contribution >= 0.6 is 23.2 Å². The van der Waals surface area contributed by atoms with Crippen LogP contribution in [-0.4, -0.2) is 46.6 Å². The topological polar surface area (TPSA) is 103 Å².